The zero-order valence-electron chi connectivity index (χ0n) is 17.8. The lowest BCUT2D eigenvalue weighted by molar-refractivity contribution is 0.395. The van der Waals surface area contributed by atoms with E-state index in [1.165, 1.54) is 6.07 Å². The van der Waals surface area contributed by atoms with Gasteiger partial charge in [-0.15, -0.1) is 0 Å². The second kappa shape index (κ2) is 8.19. The van der Waals surface area contributed by atoms with Gasteiger partial charge in [0.2, 0.25) is 5.88 Å². The van der Waals surface area contributed by atoms with E-state index in [1.807, 2.05) is 29.8 Å². The van der Waals surface area contributed by atoms with E-state index in [9.17, 15) is 13.2 Å². The molecule has 0 amide bonds. The first-order valence-corrected chi connectivity index (χ1v) is 10.3. The minimum absolute atomic E-state index is 0.0762. The van der Waals surface area contributed by atoms with E-state index in [0.29, 0.717) is 36.2 Å². The van der Waals surface area contributed by atoms with Crippen molar-refractivity contribution in [3.63, 3.8) is 0 Å². The average Bonchev–Trinajstić information content (AvgIpc) is 3.52. The average molecular weight is 452 g/mol. The molecule has 0 radical (unpaired) electrons. The Bertz CT molecular complexity index is 1380. The highest BCUT2D eigenvalue weighted by atomic mass is 19.2. The first-order valence-electron chi connectivity index (χ1n) is 10.3. The Kier molecular flexibility index (Phi) is 5.20. The summed E-state index contributed by atoms with van der Waals surface area (Å²) in [6, 6.07) is 5.89. The first kappa shape index (κ1) is 20.9. The smallest absolute Gasteiger partial charge is 0.238 e. The summed E-state index contributed by atoms with van der Waals surface area (Å²) in [5.74, 6) is -3.01. The fraction of sp³-hybridized carbons (Fsp3) is 0.217. The monoisotopic (exact) mass is 452 g/mol. The zero-order valence-corrected chi connectivity index (χ0v) is 17.8. The molecule has 1 aromatic carbocycles. The molecule has 1 aliphatic heterocycles. The maximum atomic E-state index is 14.3. The standard InChI is InChI=1S/C23H19F3N6O/c1-13-11-31(12-27-13)18-7-3-14(28-23(18)33-2)4-8-19-29-22-16(9-10-32(22)30-19)15-5-6-17(24)21(26)20(15)25/h3-8,11-12,16H,9-10H2,1-2H3. The number of aryl methyl sites for hydroxylation is 2. The number of benzene rings is 1. The van der Waals surface area contributed by atoms with Gasteiger partial charge in [-0.1, -0.05) is 6.07 Å². The SMILES string of the molecule is COc1nc(C=Cc2nc3n(n2)CCC3c2ccc(F)c(F)c2F)ccc1-n1cnc(C)c1. The van der Waals surface area contributed by atoms with Crippen molar-refractivity contribution in [1.29, 1.82) is 0 Å². The molecule has 7 nitrogen and oxygen atoms in total. The molecule has 4 aromatic rings. The van der Waals surface area contributed by atoms with Gasteiger partial charge in [0, 0.05) is 24.2 Å². The Morgan fingerprint density at radius 3 is 2.67 bits per heavy atom. The molecule has 168 valence electrons. The van der Waals surface area contributed by atoms with Gasteiger partial charge in [-0.3, -0.25) is 0 Å². The van der Waals surface area contributed by atoms with E-state index in [-0.39, 0.29) is 5.56 Å². The zero-order chi connectivity index (χ0) is 23.1. The number of methoxy groups -OCH3 is 1. The van der Waals surface area contributed by atoms with Crippen LogP contribution in [0.15, 0.2) is 36.8 Å². The first-order chi connectivity index (χ1) is 15.9. The molecule has 0 aliphatic carbocycles. The number of halogens is 3. The molecule has 5 rings (SSSR count). The highest BCUT2D eigenvalue weighted by molar-refractivity contribution is 5.65. The quantitative estimate of drug-likeness (QED) is 0.423. The van der Waals surface area contributed by atoms with Gasteiger partial charge >= 0.3 is 0 Å². The summed E-state index contributed by atoms with van der Waals surface area (Å²) in [6.07, 6.45) is 7.50. The van der Waals surface area contributed by atoms with Crippen LogP contribution in [-0.4, -0.2) is 36.4 Å². The van der Waals surface area contributed by atoms with Gasteiger partial charge in [0.1, 0.15) is 11.5 Å². The van der Waals surface area contributed by atoms with Crippen LogP contribution in [0.4, 0.5) is 13.2 Å². The normalized spacial score (nSPS) is 15.4. The van der Waals surface area contributed by atoms with Crippen molar-refractivity contribution in [3.8, 4) is 11.6 Å². The van der Waals surface area contributed by atoms with Gasteiger partial charge in [0.15, 0.2) is 23.3 Å². The van der Waals surface area contributed by atoms with E-state index >= 15 is 0 Å². The molecule has 4 heterocycles. The van der Waals surface area contributed by atoms with Crippen LogP contribution in [-0.2, 0) is 6.54 Å². The molecular formula is C23H19F3N6O. The number of nitrogens with zero attached hydrogens (tertiary/aromatic N) is 6. The summed E-state index contributed by atoms with van der Waals surface area (Å²) in [5.41, 5.74) is 2.34. The van der Waals surface area contributed by atoms with Crippen LogP contribution >= 0.6 is 0 Å². The molecule has 1 atom stereocenters. The maximum Gasteiger partial charge on any atom is 0.238 e. The summed E-state index contributed by atoms with van der Waals surface area (Å²) in [6.45, 7) is 2.40. The highest BCUT2D eigenvalue weighted by Crippen LogP contribution is 2.35. The molecule has 0 fully saturated rings. The van der Waals surface area contributed by atoms with E-state index in [2.05, 4.69) is 20.1 Å². The number of rotatable bonds is 5. The Morgan fingerprint density at radius 2 is 1.91 bits per heavy atom. The summed E-state index contributed by atoms with van der Waals surface area (Å²) in [5, 5.41) is 4.42. The number of hydrogen-bond acceptors (Lipinski definition) is 5. The van der Waals surface area contributed by atoms with Crippen molar-refractivity contribution in [2.24, 2.45) is 0 Å². The number of hydrogen-bond donors (Lipinski definition) is 0. The third kappa shape index (κ3) is 3.77. The summed E-state index contributed by atoms with van der Waals surface area (Å²) in [4.78, 5) is 13.2. The van der Waals surface area contributed by atoms with E-state index in [0.717, 1.165) is 17.4 Å². The number of fused-ring (bicyclic) bond motifs is 1. The fourth-order valence-corrected chi connectivity index (χ4v) is 3.95. The largest absolute Gasteiger partial charge is 0.479 e. The Morgan fingerprint density at radius 1 is 1.06 bits per heavy atom. The van der Waals surface area contributed by atoms with Crippen LogP contribution < -0.4 is 4.74 Å². The summed E-state index contributed by atoms with van der Waals surface area (Å²) < 4.78 is 50.2. The second-order valence-electron chi connectivity index (χ2n) is 7.68. The van der Waals surface area contributed by atoms with Gasteiger partial charge in [-0.2, -0.15) is 5.10 Å². The van der Waals surface area contributed by atoms with Crippen molar-refractivity contribution in [2.45, 2.75) is 25.8 Å². The van der Waals surface area contributed by atoms with Crippen LogP contribution in [0.1, 0.15) is 40.9 Å². The van der Waals surface area contributed by atoms with E-state index < -0.39 is 23.4 Å². The Labute approximate surface area is 187 Å². The maximum absolute atomic E-state index is 14.3. The molecule has 1 unspecified atom stereocenters. The topological polar surface area (TPSA) is 70.7 Å². The third-order valence-electron chi connectivity index (χ3n) is 5.55. The molecule has 0 spiro atoms. The molecule has 1 aliphatic rings. The van der Waals surface area contributed by atoms with Crippen LogP contribution in [0.3, 0.4) is 0 Å². The number of pyridine rings is 1. The van der Waals surface area contributed by atoms with Crippen molar-refractivity contribution in [3.05, 3.63) is 82.8 Å². The Balaban J connectivity index is 1.40. The Hall–Kier alpha value is -3.95. The molecule has 0 N–H and O–H groups in total. The van der Waals surface area contributed by atoms with Crippen LogP contribution in [0.2, 0.25) is 0 Å². The van der Waals surface area contributed by atoms with Crippen molar-refractivity contribution in [1.82, 2.24) is 29.3 Å². The number of ether oxygens (including phenoxy) is 1. The summed E-state index contributed by atoms with van der Waals surface area (Å²) >= 11 is 0. The minimum Gasteiger partial charge on any atom is -0.479 e. The van der Waals surface area contributed by atoms with Gasteiger partial charge in [-0.05, 0) is 43.7 Å². The fourth-order valence-electron chi connectivity index (χ4n) is 3.95. The highest BCUT2D eigenvalue weighted by Gasteiger charge is 2.31. The molecule has 33 heavy (non-hydrogen) atoms. The lowest BCUT2D eigenvalue weighted by Crippen LogP contribution is -2.05. The van der Waals surface area contributed by atoms with Crippen molar-refractivity contribution in [2.75, 3.05) is 7.11 Å². The van der Waals surface area contributed by atoms with Crippen molar-refractivity contribution < 1.29 is 17.9 Å². The summed E-state index contributed by atoms with van der Waals surface area (Å²) in [7, 11) is 1.54. The molecule has 10 heteroatoms. The van der Waals surface area contributed by atoms with Crippen molar-refractivity contribution >= 4 is 12.2 Å². The molecule has 0 saturated carbocycles. The lowest BCUT2D eigenvalue weighted by atomic mass is 9.96. The molecular weight excluding hydrogens is 433 g/mol. The molecule has 0 saturated heterocycles. The van der Waals surface area contributed by atoms with Crippen LogP contribution in [0.5, 0.6) is 5.88 Å². The second-order valence-corrected chi connectivity index (χ2v) is 7.68. The molecule has 0 bridgehead atoms. The van der Waals surface area contributed by atoms with E-state index in [1.54, 1.807) is 30.3 Å². The van der Waals surface area contributed by atoms with Gasteiger partial charge in [0.25, 0.3) is 0 Å². The predicted octanol–water partition coefficient (Wildman–Crippen LogP) is 4.30. The van der Waals surface area contributed by atoms with Crippen LogP contribution in [0.25, 0.3) is 17.8 Å². The lowest BCUT2D eigenvalue weighted by Gasteiger charge is -2.10. The number of imidazole rings is 1. The van der Waals surface area contributed by atoms with Crippen LogP contribution in [0, 0.1) is 24.4 Å². The van der Waals surface area contributed by atoms with E-state index in [4.69, 9.17) is 4.74 Å². The van der Waals surface area contributed by atoms with Gasteiger partial charge in [0.05, 0.1) is 24.8 Å². The predicted molar refractivity (Wildman–Crippen MR) is 114 cm³/mol. The molecule has 3 aromatic heterocycles. The minimum atomic E-state index is -1.47. The van der Waals surface area contributed by atoms with Gasteiger partial charge in [-0.25, -0.2) is 32.8 Å². The number of aromatic nitrogens is 6. The third-order valence-corrected chi connectivity index (χ3v) is 5.55. The van der Waals surface area contributed by atoms with Gasteiger partial charge < -0.3 is 9.30 Å².